The van der Waals surface area contributed by atoms with Gasteiger partial charge in [0.05, 0.1) is 10.5 Å². The Bertz CT molecular complexity index is 1090. The van der Waals surface area contributed by atoms with Gasteiger partial charge >= 0.3 is 5.97 Å². The van der Waals surface area contributed by atoms with Crippen molar-refractivity contribution < 1.29 is 22.7 Å². The van der Waals surface area contributed by atoms with Gasteiger partial charge in [-0.3, -0.25) is 0 Å². The predicted molar refractivity (Wildman–Crippen MR) is 107 cm³/mol. The summed E-state index contributed by atoms with van der Waals surface area (Å²) in [4.78, 5) is 11.2. The summed E-state index contributed by atoms with van der Waals surface area (Å²) in [6.45, 7) is 1.97. The predicted octanol–water partition coefficient (Wildman–Crippen LogP) is 4.22. The van der Waals surface area contributed by atoms with Crippen LogP contribution in [0.5, 0.6) is 0 Å². The average Bonchev–Trinajstić information content (AvgIpc) is 2.70. The minimum atomic E-state index is -3.83. The summed E-state index contributed by atoms with van der Waals surface area (Å²) in [6, 6.07) is 18.3. The number of carboxylic acid groups (broad SMARTS) is 1. The number of hydrogen-bond acceptors (Lipinski definition) is 3. The Balaban J connectivity index is 1.95. The van der Waals surface area contributed by atoms with E-state index in [1.165, 1.54) is 28.6 Å². The fourth-order valence-corrected chi connectivity index (χ4v) is 4.25. The molecule has 3 aromatic carbocycles. The molecule has 0 aliphatic heterocycles. The standard InChI is InChI=1S/C22H20FNO4S/c1-16-2-12-21(13-3-16)29(27,28)24(15-18-6-10-20(23)11-7-18)14-17-4-8-19(9-5-17)22(25)26/h2-13H,14-15H2,1H3,(H,25,26). The highest BCUT2D eigenvalue weighted by molar-refractivity contribution is 7.89. The van der Waals surface area contributed by atoms with Gasteiger partial charge < -0.3 is 5.11 Å². The Morgan fingerprint density at radius 2 is 1.34 bits per heavy atom. The number of carbonyl (C=O) groups is 1. The van der Waals surface area contributed by atoms with Crippen molar-refractivity contribution in [2.75, 3.05) is 0 Å². The van der Waals surface area contributed by atoms with E-state index in [1.807, 2.05) is 6.92 Å². The van der Waals surface area contributed by atoms with Gasteiger partial charge in [-0.05, 0) is 54.4 Å². The summed E-state index contributed by atoms with van der Waals surface area (Å²) in [7, 11) is -3.83. The van der Waals surface area contributed by atoms with Crippen LogP contribution in [0.3, 0.4) is 0 Å². The number of hydrogen-bond donors (Lipinski definition) is 1. The van der Waals surface area contributed by atoms with E-state index in [4.69, 9.17) is 5.11 Å². The van der Waals surface area contributed by atoms with Gasteiger partial charge in [-0.2, -0.15) is 4.31 Å². The molecule has 150 valence electrons. The lowest BCUT2D eigenvalue weighted by Crippen LogP contribution is -2.30. The lowest BCUT2D eigenvalue weighted by Gasteiger charge is -2.23. The van der Waals surface area contributed by atoms with Crippen LogP contribution in [0.1, 0.15) is 27.0 Å². The highest BCUT2D eigenvalue weighted by Crippen LogP contribution is 2.22. The van der Waals surface area contributed by atoms with Crippen LogP contribution < -0.4 is 0 Å². The van der Waals surface area contributed by atoms with Crippen molar-refractivity contribution >= 4 is 16.0 Å². The number of carboxylic acids is 1. The van der Waals surface area contributed by atoms with Crippen molar-refractivity contribution in [1.82, 2.24) is 4.31 Å². The van der Waals surface area contributed by atoms with Gasteiger partial charge in [-0.15, -0.1) is 0 Å². The Morgan fingerprint density at radius 3 is 1.83 bits per heavy atom. The largest absolute Gasteiger partial charge is 0.478 e. The third-order valence-electron chi connectivity index (χ3n) is 4.49. The molecular weight excluding hydrogens is 393 g/mol. The average molecular weight is 413 g/mol. The van der Waals surface area contributed by atoms with Crippen LogP contribution in [0.25, 0.3) is 0 Å². The number of benzene rings is 3. The molecule has 0 aliphatic rings. The highest BCUT2D eigenvalue weighted by Gasteiger charge is 2.25. The molecule has 0 amide bonds. The summed E-state index contributed by atoms with van der Waals surface area (Å²) >= 11 is 0. The Hall–Kier alpha value is -3.03. The third-order valence-corrected chi connectivity index (χ3v) is 6.30. The lowest BCUT2D eigenvalue weighted by atomic mass is 10.1. The second kappa shape index (κ2) is 8.55. The van der Waals surface area contributed by atoms with Crippen molar-refractivity contribution in [2.24, 2.45) is 0 Å². The van der Waals surface area contributed by atoms with E-state index in [0.29, 0.717) is 11.1 Å². The Labute approximate surface area is 169 Å². The van der Waals surface area contributed by atoms with E-state index in [-0.39, 0.29) is 23.5 Å². The minimum absolute atomic E-state index is 0.0491. The maximum atomic E-state index is 13.3. The van der Waals surface area contributed by atoms with Crippen LogP contribution in [-0.2, 0) is 23.1 Å². The van der Waals surface area contributed by atoms with Crippen LogP contribution >= 0.6 is 0 Å². The first-order valence-electron chi connectivity index (χ1n) is 8.89. The number of nitrogens with zero attached hydrogens (tertiary/aromatic N) is 1. The van der Waals surface area contributed by atoms with E-state index in [9.17, 15) is 17.6 Å². The maximum absolute atomic E-state index is 13.3. The number of sulfonamides is 1. The first kappa shape index (κ1) is 20.7. The lowest BCUT2D eigenvalue weighted by molar-refractivity contribution is 0.0697. The van der Waals surface area contributed by atoms with E-state index in [1.54, 1.807) is 48.5 Å². The van der Waals surface area contributed by atoms with E-state index in [2.05, 4.69) is 0 Å². The summed E-state index contributed by atoms with van der Waals surface area (Å²) in [5.41, 5.74) is 2.36. The molecule has 0 saturated heterocycles. The molecule has 0 aliphatic carbocycles. The molecule has 7 heteroatoms. The van der Waals surface area contributed by atoms with E-state index < -0.39 is 21.8 Å². The number of aryl methyl sites for hydroxylation is 1. The third kappa shape index (κ3) is 5.07. The zero-order valence-corrected chi connectivity index (χ0v) is 16.6. The molecule has 0 radical (unpaired) electrons. The summed E-state index contributed by atoms with van der Waals surface area (Å²) in [6.07, 6.45) is 0. The Kier molecular flexibility index (Phi) is 6.10. The van der Waals surface area contributed by atoms with E-state index in [0.717, 1.165) is 5.56 Å². The number of aromatic carboxylic acids is 1. The topological polar surface area (TPSA) is 74.7 Å². The van der Waals surface area contributed by atoms with Crippen molar-refractivity contribution in [3.63, 3.8) is 0 Å². The van der Waals surface area contributed by atoms with Gasteiger partial charge in [-0.25, -0.2) is 17.6 Å². The molecule has 1 N–H and O–H groups in total. The second-order valence-electron chi connectivity index (χ2n) is 6.71. The zero-order chi connectivity index (χ0) is 21.0. The van der Waals surface area contributed by atoms with Crippen LogP contribution in [0.2, 0.25) is 0 Å². The molecule has 3 rings (SSSR count). The van der Waals surface area contributed by atoms with Crippen molar-refractivity contribution in [3.8, 4) is 0 Å². The van der Waals surface area contributed by atoms with Crippen LogP contribution in [0, 0.1) is 12.7 Å². The normalized spacial score (nSPS) is 11.6. The second-order valence-corrected chi connectivity index (χ2v) is 8.65. The first-order valence-corrected chi connectivity index (χ1v) is 10.3. The monoisotopic (exact) mass is 413 g/mol. The molecule has 0 aromatic heterocycles. The number of rotatable bonds is 7. The molecule has 5 nitrogen and oxygen atoms in total. The van der Waals surface area contributed by atoms with Crippen molar-refractivity contribution in [3.05, 3.63) is 101 Å². The van der Waals surface area contributed by atoms with E-state index >= 15 is 0 Å². The fourth-order valence-electron chi connectivity index (χ4n) is 2.83. The van der Waals surface area contributed by atoms with Gasteiger partial charge in [0.15, 0.2) is 0 Å². The maximum Gasteiger partial charge on any atom is 0.335 e. The van der Waals surface area contributed by atoms with Crippen molar-refractivity contribution in [1.29, 1.82) is 0 Å². The molecular formula is C22H20FNO4S. The van der Waals surface area contributed by atoms with Crippen LogP contribution in [0.15, 0.2) is 77.7 Å². The SMILES string of the molecule is Cc1ccc(S(=O)(=O)N(Cc2ccc(F)cc2)Cc2ccc(C(=O)O)cc2)cc1. The van der Waals surface area contributed by atoms with Gasteiger partial charge in [0, 0.05) is 13.1 Å². The fraction of sp³-hybridized carbons (Fsp3) is 0.136. The molecule has 0 spiro atoms. The first-order chi connectivity index (χ1) is 13.8. The molecule has 0 saturated carbocycles. The Morgan fingerprint density at radius 1 is 0.862 bits per heavy atom. The molecule has 0 bridgehead atoms. The quantitative estimate of drug-likeness (QED) is 0.629. The molecule has 29 heavy (non-hydrogen) atoms. The molecule has 0 unspecified atom stereocenters. The molecule has 0 atom stereocenters. The van der Waals surface area contributed by atoms with Gasteiger partial charge in [0.1, 0.15) is 5.82 Å². The van der Waals surface area contributed by atoms with Crippen LogP contribution in [-0.4, -0.2) is 23.8 Å². The molecule has 0 fully saturated rings. The van der Waals surface area contributed by atoms with Crippen LogP contribution in [0.4, 0.5) is 4.39 Å². The van der Waals surface area contributed by atoms with Gasteiger partial charge in [0.2, 0.25) is 10.0 Å². The highest BCUT2D eigenvalue weighted by atomic mass is 32.2. The minimum Gasteiger partial charge on any atom is -0.478 e. The number of halogens is 1. The van der Waals surface area contributed by atoms with Crippen molar-refractivity contribution in [2.45, 2.75) is 24.9 Å². The zero-order valence-electron chi connectivity index (χ0n) is 15.7. The molecule has 0 heterocycles. The van der Waals surface area contributed by atoms with Gasteiger partial charge in [0.25, 0.3) is 0 Å². The summed E-state index contributed by atoms with van der Waals surface area (Å²) in [5.74, 6) is -1.45. The molecule has 3 aromatic rings. The summed E-state index contributed by atoms with van der Waals surface area (Å²) < 4.78 is 41.0. The van der Waals surface area contributed by atoms with Gasteiger partial charge in [-0.1, -0.05) is 42.0 Å². The summed E-state index contributed by atoms with van der Waals surface area (Å²) in [5, 5.41) is 9.04. The smallest absolute Gasteiger partial charge is 0.335 e.